The first kappa shape index (κ1) is 21.8. The van der Waals surface area contributed by atoms with Crippen LogP contribution >= 0.6 is 0 Å². The Morgan fingerprint density at radius 2 is 1.61 bits per heavy atom. The summed E-state index contributed by atoms with van der Waals surface area (Å²) >= 11 is 0. The van der Waals surface area contributed by atoms with Crippen LogP contribution in [0.4, 0.5) is 17.6 Å². The highest BCUT2D eigenvalue weighted by molar-refractivity contribution is 5.84. The Hall–Kier alpha value is -0.850. The van der Waals surface area contributed by atoms with Gasteiger partial charge in [-0.1, -0.05) is 19.8 Å². The van der Waals surface area contributed by atoms with E-state index in [1.54, 1.807) is 5.92 Å². The number of hydrogen-bond donors (Lipinski definition) is 0. The number of rotatable bonds is 4. The van der Waals surface area contributed by atoms with Crippen molar-refractivity contribution in [1.82, 2.24) is 0 Å². The lowest BCUT2D eigenvalue weighted by Crippen LogP contribution is -2.40. The van der Waals surface area contributed by atoms with Crippen LogP contribution in [0.1, 0.15) is 77.6 Å². The fraction of sp³-hybridized carbons (Fsp3) is 0.857. The molecule has 0 aromatic carbocycles. The number of esters is 1. The van der Waals surface area contributed by atoms with Gasteiger partial charge in [-0.2, -0.15) is 0 Å². The van der Waals surface area contributed by atoms with Crippen LogP contribution in [-0.4, -0.2) is 30.7 Å². The molecule has 0 heterocycles. The maximum atomic E-state index is 14.0. The average Bonchev–Trinajstić information content (AvgIpc) is 2.64. The molecule has 2 radical (unpaired) electrons. The molecular formula is C21H30F4O3. The van der Waals surface area contributed by atoms with E-state index in [9.17, 15) is 22.4 Å². The van der Waals surface area contributed by atoms with Crippen molar-refractivity contribution in [2.75, 3.05) is 0 Å². The average molecular weight is 406 g/mol. The molecule has 0 aromatic rings. The summed E-state index contributed by atoms with van der Waals surface area (Å²) < 4.78 is 60.0. The molecule has 3 nitrogen and oxygen atoms in total. The molecule has 0 N–H and O–H groups in total. The lowest BCUT2D eigenvalue weighted by molar-refractivity contribution is -0.352. The van der Waals surface area contributed by atoms with Crippen LogP contribution in [0, 0.1) is 23.7 Å². The summed E-state index contributed by atoms with van der Waals surface area (Å²) in [5, 5.41) is 0. The van der Waals surface area contributed by atoms with Gasteiger partial charge in [-0.25, -0.2) is 4.39 Å². The van der Waals surface area contributed by atoms with E-state index in [1.807, 2.05) is 0 Å². The van der Waals surface area contributed by atoms with E-state index in [1.165, 1.54) is 25.7 Å². The number of carbonyl (C=O) groups is 1. The van der Waals surface area contributed by atoms with Crippen molar-refractivity contribution in [2.45, 2.75) is 102 Å². The fourth-order valence-corrected chi connectivity index (χ4v) is 4.82. The fourth-order valence-electron chi connectivity index (χ4n) is 4.82. The second kappa shape index (κ2) is 9.31. The highest BCUT2D eigenvalue weighted by atomic mass is 19.4. The third-order valence-electron chi connectivity index (χ3n) is 6.60. The van der Waals surface area contributed by atoms with Gasteiger partial charge in [0.25, 0.3) is 0 Å². The van der Waals surface area contributed by atoms with Gasteiger partial charge in [0.15, 0.2) is 0 Å². The summed E-state index contributed by atoms with van der Waals surface area (Å²) in [5.41, 5.74) is 0. The van der Waals surface area contributed by atoms with E-state index >= 15 is 0 Å². The molecule has 3 unspecified atom stereocenters. The Labute approximate surface area is 164 Å². The number of halogens is 4. The predicted molar refractivity (Wildman–Crippen MR) is 95.6 cm³/mol. The first-order chi connectivity index (χ1) is 13.2. The lowest BCUT2D eigenvalue weighted by atomic mass is 9.69. The van der Waals surface area contributed by atoms with Crippen molar-refractivity contribution in [3.05, 3.63) is 11.8 Å². The number of hydrogen-bond acceptors (Lipinski definition) is 3. The Morgan fingerprint density at radius 3 is 2.18 bits per heavy atom. The Kier molecular flexibility index (Phi) is 7.26. The third kappa shape index (κ3) is 6.07. The SMILES string of the molecule is CC1CC[C](C2CC[C](C(=O)OC3CCC(OC(F)(F)F)C(F)C3)CC2)CC1. The standard InChI is InChI=1S/C21H30F4O3/c1-13-2-4-14(5-3-13)15-6-8-16(9-7-15)20(26)27-17-10-11-19(18(22)12-17)28-21(23,24)25/h13,15,17-19H,2-12H2,1H3. The van der Waals surface area contributed by atoms with Gasteiger partial charge in [0.2, 0.25) is 0 Å². The van der Waals surface area contributed by atoms with Crippen LogP contribution < -0.4 is 0 Å². The largest absolute Gasteiger partial charge is 0.522 e. The van der Waals surface area contributed by atoms with E-state index in [2.05, 4.69) is 11.7 Å². The molecule has 28 heavy (non-hydrogen) atoms. The number of carbonyl (C=O) groups excluding carboxylic acids is 1. The zero-order valence-corrected chi connectivity index (χ0v) is 16.4. The van der Waals surface area contributed by atoms with Gasteiger partial charge in [-0.15, -0.1) is 13.2 Å². The van der Waals surface area contributed by atoms with Crippen LogP contribution in [0.2, 0.25) is 0 Å². The summed E-state index contributed by atoms with van der Waals surface area (Å²) in [5.74, 6) is 3.39. The molecule has 0 amide bonds. The summed E-state index contributed by atoms with van der Waals surface area (Å²) in [6, 6.07) is 0. The van der Waals surface area contributed by atoms with Crippen molar-refractivity contribution >= 4 is 5.97 Å². The van der Waals surface area contributed by atoms with Crippen LogP contribution in [0.5, 0.6) is 0 Å². The van der Waals surface area contributed by atoms with E-state index in [4.69, 9.17) is 4.74 Å². The van der Waals surface area contributed by atoms with Crippen LogP contribution in [0.3, 0.4) is 0 Å². The monoisotopic (exact) mass is 406 g/mol. The minimum absolute atomic E-state index is 0.104. The molecule has 7 heteroatoms. The molecule has 3 atom stereocenters. The van der Waals surface area contributed by atoms with E-state index in [0.717, 1.165) is 24.7 Å². The minimum Gasteiger partial charge on any atom is -0.462 e. The first-order valence-electron chi connectivity index (χ1n) is 10.5. The summed E-state index contributed by atoms with van der Waals surface area (Å²) in [6.07, 6.45) is -0.696. The summed E-state index contributed by atoms with van der Waals surface area (Å²) in [4.78, 5) is 12.4. The lowest BCUT2D eigenvalue weighted by Gasteiger charge is -2.36. The molecule has 0 saturated heterocycles. The molecule has 3 aliphatic carbocycles. The van der Waals surface area contributed by atoms with Crippen molar-refractivity contribution in [3.8, 4) is 0 Å². The first-order valence-corrected chi connectivity index (χ1v) is 10.5. The molecule has 3 saturated carbocycles. The van der Waals surface area contributed by atoms with Gasteiger partial charge >= 0.3 is 12.3 Å². The van der Waals surface area contributed by atoms with Gasteiger partial charge in [0.1, 0.15) is 12.3 Å². The molecule has 3 fully saturated rings. The second-order valence-electron chi connectivity index (χ2n) is 8.68. The minimum atomic E-state index is -4.85. The molecule has 0 spiro atoms. The quantitative estimate of drug-likeness (QED) is 0.432. The molecular weight excluding hydrogens is 376 g/mol. The van der Waals surface area contributed by atoms with Gasteiger partial charge in [-0.05, 0) is 69.1 Å². The highest BCUT2D eigenvalue weighted by Gasteiger charge is 2.42. The van der Waals surface area contributed by atoms with Crippen molar-refractivity contribution in [2.24, 2.45) is 11.8 Å². The van der Waals surface area contributed by atoms with Crippen LogP contribution in [0.15, 0.2) is 0 Å². The van der Waals surface area contributed by atoms with Gasteiger partial charge in [0.05, 0.1) is 12.0 Å². The highest BCUT2D eigenvalue weighted by Crippen LogP contribution is 2.43. The Bertz CT molecular complexity index is 508. The van der Waals surface area contributed by atoms with Crippen molar-refractivity contribution in [1.29, 1.82) is 0 Å². The molecule has 3 aliphatic rings. The smallest absolute Gasteiger partial charge is 0.462 e. The third-order valence-corrected chi connectivity index (χ3v) is 6.60. The Morgan fingerprint density at radius 1 is 0.964 bits per heavy atom. The molecule has 3 rings (SSSR count). The van der Waals surface area contributed by atoms with E-state index in [0.29, 0.717) is 18.8 Å². The maximum absolute atomic E-state index is 14.0. The van der Waals surface area contributed by atoms with Crippen LogP contribution in [0.25, 0.3) is 0 Å². The molecule has 160 valence electrons. The van der Waals surface area contributed by atoms with Crippen LogP contribution in [-0.2, 0) is 14.3 Å². The summed E-state index contributed by atoms with van der Waals surface area (Å²) in [7, 11) is 0. The number of alkyl halides is 4. The van der Waals surface area contributed by atoms with Crippen molar-refractivity contribution < 1.29 is 31.8 Å². The van der Waals surface area contributed by atoms with Gasteiger partial charge in [0, 0.05) is 6.42 Å². The van der Waals surface area contributed by atoms with Gasteiger partial charge in [-0.3, -0.25) is 9.53 Å². The van der Waals surface area contributed by atoms with E-state index < -0.39 is 30.7 Å². The van der Waals surface area contributed by atoms with Crippen molar-refractivity contribution in [3.63, 3.8) is 0 Å². The topological polar surface area (TPSA) is 35.5 Å². The van der Waals surface area contributed by atoms with Gasteiger partial charge < -0.3 is 4.74 Å². The zero-order valence-electron chi connectivity index (χ0n) is 16.4. The molecule has 0 aromatic heterocycles. The Balaban J connectivity index is 1.39. The number of ether oxygens (including phenoxy) is 2. The zero-order chi connectivity index (χ0) is 20.3. The normalized spacial score (nSPS) is 32.4. The second-order valence-corrected chi connectivity index (χ2v) is 8.68. The summed E-state index contributed by atoms with van der Waals surface area (Å²) in [6.45, 7) is 2.30. The molecule has 0 bridgehead atoms. The van der Waals surface area contributed by atoms with E-state index in [-0.39, 0.29) is 19.3 Å². The maximum Gasteiger partial charge on any atom is 0.522 e. The molecule has 0 aliphatic heterocycles. The predicted octanol–water partition coefficient (Wildman–Crippen LogP) is 5.87.